The van der Waals surface area contributed by atoms with Gasteiger partial charge in [0, 0.05) is 28.7 Å². The van der Waals surface area contributed by atoms with E-state index in [1.54, 1.807) is 0 Å². The largest absolute Gasteiger partial charge is 0.283 e. The number of hydrogen-bond donors (Lipinski definition) is 0. The molecule has 4 aromatic rings. The van der Waals surface area contributed by atoms with Gasteiger partial charge in [-0.25, -0.2) is 4.68 Å². The summed E-state index contributed by atoms with van der Waals surface area (Å²) < 4.78 is 4.53. The van der Waals surface area contributed by atoms with Crippen LogP contribution in [0, 0.1) is 4.77 Å². The fourth-order valence-corrected chi connectivity index (χ4v) is 4.16. The van der Waals surface area contributed by atoms with Gasteiger partial charge >= 0.3 is 0 Å². The van der Waals surface area contributed by atoms with Crippen LogP contribution in [0.1, 0.15) is 17.0 Å². The predicted octanol–water partition coefficient (Wildman–Crippen LogP) is 6.39. The molecule has 0 spiro atoms. The molecule has 0 saturated heterocycles. The Labute approximate surface area is 197 Å². The van der Waals surface area contributed by atoms with Crippen molar-refractivity contribution in [2.75, 3.05) is 7.05 Å². The second-order valence-corrected chi connectivity index (χ2v) is 8.70. The van der Waals surface area contributed by atoms with Crippen LogP contribution >= 0.6 is 35.4 Å². The van der Waals surface area contributed by atoms with Crippen LogP contribution in [0.5, 0.6) is 0 Å². The van der Waals surface area contributed by atoms with Crippen molar-refractivity contribution in [1.82, 2.24) is 19.2 Å². The van der Waals surface area contributed by atoms with Gasteiger partial charge in [0.1, 0.15) is 5.82 Å². The fourth-order valence-electron chi connectivity index (χ4n) is 3.51. The number of hydrogen-bond acceptors (Lipinski definition) is 3. The quantitative estimate of drug-likeness (QED) is 0.294. The second-order valence-electron chi connectivity index (χ2n) is 7.46. The first-order valence-corrected chi connectivity index (χ1v) is 11.1. The molecule has 0 aliphatic rings. The molecule has 1 aromatic heterocycles. The molecule has 0 unspecified atom stereocenters. The molecule has 0 atom stereocenters. The van der Waals surface area contributed by atoms with E-state index in [1.807, 2.05) is 77.0 Å². The number of benzene rings is 3. The van der Waals surface area contributed by atoms with Gasteiger partial charge in [0.15, 0.2) is 0 Å². The highest BCUT2D eigenvalue weighted by atomic mass is 35.5. The molecule has 0 fully saturated rings. The number of aromatic nitrogens is 3. The fraction of sp³-hybridized carbons (Fsp3) is 0.167. The smallest absolute Gasteiger partial charge is 0.203 e. The normalized spacial score (nSPS) is 11.2. The Morgan fingerprint density at radius 3 is 2.29 bits per heavy atom. The molecule has 158 valence electrons. The van der Waals surface area contributed by atoms with Crippen molar-refractivity contribution in [2.45, 2.75) is 19.6 Å². The van der Waals surface area contributed by atoms with Gasteiger partial charge in [0.25, 0.3) is 0 Å². The maximum absolute atomic E-state index is 6.13. The summed E-state index contributed by atoms with van der Waals surface area (Å²) >= 11 is 18.1. The number of rotatable bonds is 7. The summed E-state index contributed by atoms with van der Waals surface area (Å²) in [4.78, 5) is 2.16. The molecule has 4 rings (SSSR count). The SMILES string of the molecule is CN(Cc1cccc(Cl)c1)Cn1nc(Cc2ccccc2)n(-c2ccc(Cl)cc2)c1=S. The monoisotopic (exact) mass is 468 g/mol. The van der Waals surface area contributed by atoms with Gasteiger partial charge in [-0.3, -0.25) is 9.47 Å². The van der Waals surface area contributed by atoms with Gasteiger partial charge in [-0.15, -0.1) is 0 Å². The highest BCUT2D eigenvalue weighted by Gasteiger charge is 2.15. The van der Waals surface area contributed by atoms with Crippen LogP contribution < -0.4 is 0 Å². The van der Waals surface area contributed by atoms with E-state index in [4.69, 9.17) is 40.5 Å². The van der Waals surface area contributed by atoms with Crippen molar-refractivity contribution in [3.63, 3.8) is 0 Å². The van der Waals surface area contributed by atoms with Crippen molar-refractivity contribution < 1.29 is 0 Å². The molecule has 3 aromatic carbocycles. The molecule has 0 bridgehead atoms. The number of nitrogens with zero attached hydrogens (tertiary/aromatic N) is 4. The predicted molar refractivity (Wildman–Crippen MR) is 130 cm³/mol. The average Bonchev–Trinajstić information content (AvgIpc) is 3.04. The van der Waals surface area contributed by atoms with Gasteiger partial charge in [-0.2, -0.15) is 5.10 Å². The molecule has 1 heterocycles. The molecule has 7 heteroatoms. The van der Waals surface area contributed by atoms with E-state index in [9.17, 15) is 0 Å². The van der Waals surface area contributed by atoms with E-state index in [0.717, 1.165) is 28.6 Å². The first kappa shape index (κ1) is 21.8. The second kappa shape index (κ2) is 9.79. The van der Waals surface area contributed by atoms with Gasteiger partial charge < -0.3 is 0 Å². The zero-order valence-corrected chi connectivity index (χ0v) is 19.4. The maximum atomic E-state index is 6.13. The van der Waals surface area contributed by atoms with Crippen molar-refractivity contribution in [2.24, 2.45) is 0 Å². The summed E-state index contributed by atoms with van der Waals surface area (Å²) in [5.74, 6) is 0.884. The topological polar surface area (TPSA) is 26.0 Å². The first-order chi connectivity index (χ1) is 15.0. The highest BCUT2D eigenvalue weighted by Crippen LogP contribution is 2.19. The summed E-state index contributed by atoms with van der Waals surface area (Å²) in [5, 5.41) is 6.30. The van der Waals surface area contributed by atoms with Crippen molar-refractivity contribution in [1.29, 1.82) is 0 Å². The minimum Gasteiger partial charge on any atom is -0.283 e. The minimum atomic E-state index is 0.563. The van der Waals surface area contributed by atoms with Crippen molar-refractivity contribution >= 4 is 35.4 Å². The lowest BCUT2D eigenvalue weighted by atomic mass is 10.1. The van der Waals surface area contributed by atoms with E-state index >= 15 is 0 Å². The molecule has 0 amide bonds. The maximum Gasteiger partial charge on any atom is 0.203 e. The Morgan fingerprint density at radius 2 is 1.58 bits per heavy atom. The van der Waals surface area contributed by atoms with Gasteiger partial charge in [-0.1, -0.05) is 65.7 Å². The van der Waals surface area contributed by atoms with Gasteiger partial charge in [0.2, 0.25) is 4.77 Å². The zero-order chi connectivity index (χ0) is 21.8. The Balaban J connectivity index is 1.65. The summed E-state index contributed by atoms with van der Waals surface area (Å²) in [6, 6.07) is 25.8. The Bertz CT molecular complexity index is 1220. The van der Waals surface area contributed by atoms with E-state index < -0.39 is 0 Å². The van der Waals surface area contributed by atoms with Crippen molar-refractivity contribution in [3.8, 4) is 5.69 Å². The molecule has 0 N–H and O–H groups in total. The van der Waals surface area contributed by atoms with Gasteiger partial charge in [-0.05, 0) is 66.8 Å². The lowest BCUT2D eigenvalue weighted by Gasteiger charge is -2.16. The molecule has 0 aliphatic carbocycles. The minimum absolute atomic E-state index is 0.563. The molecule has 0 aliphatic heterocycles. The molecule has 0 radical (unpaired) electrons. The molecule has 4 nitrogen and oxygen atoms in total. The van der Waals surface area contributed by atoms with E-state index in [-0.39, 0.29) is 0 Å². The molecule has 0 saturated carbocycles. The average molecular weight is 469 g/mol. The third kappa shape index (κ3) is 5.43. The van der Waals surface area contributed by atoms with E-state index in [1.165, 1.54) is 5.56 Å². The van der Waals surface area contributed by atoms with Crippen LogP contribution in [0.2, 0.25) is 10.0 Å². The van der Waals surface area contributed by atoms with Crippen LogP contribution in [0.25, 0.3) is 5.69 Å². The Kier molecular flexibility index (Phi) is 6.88. The first-order valence-electron chi connectivity index (χ1n) is 9.91. The summed E-state index contributed by atoms with van der Waals surface area (Å²) in [6.45, 7) is 1.30. The summed E-state index contributed by atoms with van der Waals surface area (Å²) in [7, 11) is 2.04. The third-order valence-electron chi connectivity index (χ3n) is 4.91. The van der Waals surface area contributed by atoms with Gasteiger partial charge in [0.05, 0.1) is 6.67 Å². The van der Waals surface area contributed by atoms with Crippen LogP contribution in [0.3, 0.4) is 0 Å². The standard InChI is InChI=1S/C24H22Cl2N4S/c1-28(16-19-8-5-9-21(26)14-19)17-29-24(31)30(22-12-10-20(25)11-13-22)23(27-29)15-18-6-3-2-4-7-18/h2-14H,15-17H2,1H3. The van der Waals surface area contributed by atoms with E-state index in [2.05, 4.69) is 23.1 Å². The molecule has 31 heavy (non-hydrogen) atoms. The molecular formula is C24H22Cl2N4S. The Hall–Kier alpha value is -2.44. The third-order valence-corrected chi connectivity index (χ3v) is 5.79. The van der Waals surface area contributed by atoms with Crippen molar-refractivity contribution in [3.05, 3.63) is 111 Å². The van der Waals surface area contributed by atoms with E-state index in [0.29, 0.717) is 22.9 Å². The summed E-state index contributed by atoms with van der Waals surface area (Å²) in [5.41, 5.74) is 3.27. The lowest BCUT2D eigenvalue weighted by molar-refractivity contribution is 0.243. The zero-order valence-electron chi connectivity index (χ0n) is 17.1. The van der Waals surface area contributed by atoms with Crippen LogP contribution in [0.15, 0.2) is 78.9 Å². The van der Waals surface area contributed by atoms with Crippen LogP contribution in [0.4, 0.5) is 0 Å². The highest BCUT2D eigenvalue weighted by molar-refractivity contribution is 7.71. The lowest BCUT2D eigenvalue weighted by Crippen LogP contribution is -2.22. The Morgan fingerprint density at radius 1 is 0.871 bits per heavy atom. The van der Waals surface area contributed by atoms with Crippen LogP contribution in [-0.2, 0) is 19.6 Å². The molecular weight excluding hydrogens is 447 g/mol. The number of halogens is 2. The van der Waals surface area contributed by atoms with Crippen LogP contribution in [-0.4, -0.2) is 26.3 Å². The summed E-state index contributed by atoms with van der Waals surface area (Å²) in [6.07, 6.45) is 0.679.